The van der Waals surface area contributed by atoms with Crippen molar-refractivity contribution < 1.29 is 4.79 Å². The Balaban J connectivity index is 2.01. The summed E-state index contributed by atoms with van der Waals surface area (Å²) in [6, 6.07) is 0. The summed E-state index contributed by atoms with van der Waals surface area (Å²) in [5.41, 5.74) is -0.474. The monoisotopic (exact) mass is 367 g/mol. The van der Waals surface area contributed by atoms with Crippen LogP contribution in [0.25, 0.3) is 6.08 Å². The lowest BCUT2D eigenvalue weighted by Gasteiger charge is -2.19. The summed E-state index contributed by atoms with van der Waals surface area (Å²) >= 11 is 0. The molecule has 0 saturated heterocycles. The zero-order valence-electron chi connectivity index (χ0n) is 16.0. The topological polar surface area (TPSA) is 88.7 Å². The smallest absolute Gasteiger partial charge is 0.276 e. The highest BCUT2D eigenvalue weighted by Crippen LogP contribution is 2.42. The maximum Gasteiger partial charge on any atom is 0.276 e. The number of carbonyl (C=O) groups excluding carboxylic acids is 1. The molecular weight excluding hydrogens is 342 g/mol. The molecule has 1 amide bonds. The van der Waals surface area contributed by atoms with Gasteiger partial charge in [-0.2, -0.15) is 5.10 Å². The second-order valence-electron chi connectivity index (χ2n) is 7.13. The van der Waals surface area contributed by atoms with Gasteiger partial charge in [0.05, 0.1) is 16.3 Å². The molecule has 7 nitrogen and oxygen atoms in total. The van der Waals surface area contributed by atoms with Crippen LogP contribution in [0, 0.1) is 0 Å². The van der Waals surface area contributed by atoms with Crippen molar-refractivity contribution in [2.24, 2.45) is 9.98 Å². The van der Waals surface area contributed by atoms with Crippen LogP contribution in [0.2, 0.25) is 0 Å². The Labute approximate surface area is 157 Å². The summed E-state index contributed by atoms with van der Waals surface area (Å²) in [6.07, 6.45) is 8.87. The van der Waals surface area contributed by atoms with Gasteiger partial charge in [0, 0.05) is 12.8 Å². The van der Waals surface area contributed by atoms with Gasteiger partial charge in [0.1, 0.15) is 11.4 Å². The van der Waals surface area contributed by atoms with E-state index in [1.807, 2.05) is 32.9 Å². The first-order valence-electron chi connectivity index (χ1n) is 9.25. The van der Waals surface area contributed by atoms with E-state index in [1.54, 1.807) is 12.3 Å². The molecule has 1 aromatic heterocycles. The summed E-state index contributed by atoms with van der Waals surface area (Å²) < 4.78 is 1.36. The van der Waals surface area contributed by atoms with Crippen molar-refractivity contribution >= 4 is 18.2 Å². The largest absolute Gasteiger partial charge is 0.309 e. The van der Waals surface area contributed by atoms with Gasteiger partial charge in [-0.1, -0.05) is 32.6 Å². The number of hydrogen-bond donors (Lipinski definition) is 1. The van der Waals surface area contributed by atoms with Crippen LogP contribution in [0.15, 0.2) is 39.3 Å². The number of rotatable bonds is 6. The first-order chi connectivity index (χ1) is 12.9. The first-order valence-corrected chi connectivity index (χ1v) is 9.25. The van der Waals surface area contributed by atoms with E-state index < -0.39 is 5.54 Å². The molecule has 1 N–H and O–H groups in total. The molecular formula is C20H25N5O2. The normalized spacial score (nSPS) is 17.5. The summed E-state index contributed by atoms with van der Waals surface area (Å²) in [5, 5.41) is 8.51. The minimum atomic E-state index is -0.972. The lowest BCUT2D eigenvalue weighted by molar-refractivity contribution is -0.125. The van der Waals surface area contributed by atoms with E-state index in [4.69, 9.17) is 0 Å². The van der Waals surface area contributed by atoms with Crippen molar-refractivity contribution in [3.8, 4) is 0 Å². The highest BCUT2D eigenvalue weighted by molar-refractivity contribution is 5.88. The molecule has 0 bridgehead atoms. The Morgan fingerprint density at radius 1 is 1.44 bits per heavy atom. The third-order valence-electron chi connectivity index (χ3n) is 4.74. The molecule has 7 heteroatoms. The summed E-state index contributed by atoms with van der Waals surface area (Å²) in [6.45, 7) is 10.3. The molecule has 0 spiro atoms. The van der Waals surface area contributed by atoms with Crippen molar-refractivity contribution in [2.75, 3.05) is 6.54 Å². The molecule has 0 aromatic carbocycles. The molecule has 1 aliphatic heterocycles. The van der Waals surface area contributed by atoms with Crippen LogP contribution in [-0.2, 0) is 10.3 Å². The number of allylic oxidation sites excluding steroid dienone is 2. The molecule has 27 heavy (non-hydrogen) atoms. The molecule has 142 valence electrons. The Hall–Kier alpha value is -2.83. The quantitative estimate of drug-likeness (QED) is 0.758. The molecule has 1 saturated carbocycles. The zero-order valence-corrected chi connectivity index (χ0v) is 16.0. The lowest BCUT2D eigenvalue weighted by Crippen LogP contribution is -2.55. The highest BCUT2D eigenvalue weighted by atomic mass is 16.2. The number of carbonyl (C=O) groups is 1. The van der Waals surface area contributed by atoms with Crippen LogP contribution in [0.4, 0.5) is 0 Å². The number of hydrogen-bond acceptors (Lipinski definition) is 5. The van der Waals surface area contributed by atoms with E-state index >= 15 is 0 Å². The van der Waals surface area contributed by atoms with Crippen molar-refractivity contribution in [3.05, 3.63) is 51.2 Å². The fourth-order valence-corrected chi connectivity index (χ4v) is 3.12. The molecule has 0 unspecified atom stereocenters. The Kier molecular flexibility index (Phi) is 5.21. The van der Waals surface area contributed by atoms with Crippen LogP contribution >= 0.6 is 0 Å². The number of nitrogens with one attached hydrogen (secondary N) is 1. The molecule has 2 aliphatic rings. The maximum atomic E-state index is 13.0. The van der Waals surface area contributed by atoms with Crippen molar-refractivity contribution in [3.63, 3.8) is 0 Å². The van der Waals surface area contributed by atoms with Gasteiger partial charge in [-0.25, -0.2) is 9.67 Å². The maximum absolute atomic E-state index is 13.0. The van der Waals surface area contributed by atoms with E-state index in [0.29, 0.717) is 30.0 Å². The van der Waals surface area contributed by atoms with Crippen LogP contribution in [0.3, 0.4) is 0 Å². The SMILES string of the molecule is C=C(/N=C\C=C/C)NC(=O)C1(n2nc(C(C)C)c3c(c2=O)=CCCN=3)CC1. The zero-order chi connectivity index (χ0) is 19.6. The van der Waals surface area contributed by atoms with Crippen molar-refractivity contribution in [1.29, 1.82) is 0 Å². The van der Waals surface area contributed by atoms with E-state index in [1.165, 1.54) is 4.68 Å². The second kappa shape index (κ2) is 7.42. The predicted octanol–water partition coefficient (Wildman–Crippen LogP) is 0.894. The Morgan fingerprint density at radius 3 is 2.81 bits per heavy atom. The molecule has 1 aromatic rings. The van der Waals surface area contributed by atoms with Gasteiger partial charge < -0.3 is 5.32 Å². The van der Waals surface area contributed by atoms with Crippen molar-refractivity contribution in [2.45, 2.75) is 51.5 Å². The lowest BCUT2D eigenvalue weighted by atomic mass is 10.1. The van der Waals surface area contributed by atoms with Crippen molar-refractivity contribution in [1.82, 2.24) is 15.1 Å². The molecule has 0 atom stereocenters. The van der Waals surface area contributed by atoms with E-state index in [9.17, 15) is 9.59 Å². The van der Waals surface area contributed by atoms with Gasteiger partial charge >= 0.3 is 0 Å². The van der Waals surface area contributed by atoms with E-state index in [0.717, 1.165) is 12.1 Å². The summed E-state index contributed by atoms with van der Waals surface area (Å²) in [4.78, 5) is 34.5. The van der Waals surface area contributed by atoms with Gasteiger partial charge in [0.2, 0.25) is 0 Å². The Morgan fingerprint density at radius 2 is 2.19 bits per heavy atom. The third kappa shape index (κ3) is 3.54. The summed E-state index contributed by atoms with van der Waals surface area (Å²) in [5.74, 6) is 0.0308. The molecule has 0 radical (unpaired) electrons. The third-order valence-corrected chi connectivity index (χ3v) is 4.74. The van der Waals surface area contributed by atoms with Gasteiger partial charge in [0.25, 0.3) is 11.5 Å². The fraction of sp³-hybridized carbons (Fsp3) is 0.450. The number of nitrogens with zero attached hydrogens (tertiary/aromatic N) is 4. The number of amides is 1. The van der Waals surface area contributed by atoms with Crippen LogP contribution in [0.5, 0.6) is 0 Å². The van der Waals surface area contributed by atoms with Gasteiger partial charge in [0.15, 0.2) is 0 Å². The van der Waals surface area contributed by atoms with E-state index in [2.05, 4.69) is 27.0 Å². The first kappa shape index (κ1) is 18.9. The highest BCUT2D eigenvalue weighted by Gasteiger charge is 2.54. The summed E-state index contributed by atoms with van der Waals surface area (Å²) in [7, 11) is 0. The fourth-order valence-electron chi connectivity index (χ4n) is 3.12. The van der Waals surface area contributed by atoms with Gasteiger partial charge in [-0.05, 0) is 38.2 Å². The van der Waals surface area contributed by atoms with Gasteiger partial charge in [-0.15, -0.1) is 0 Å². The molecule has 3 rings (SSSR count). The standard InChI is InChI=1S/C20H25N5O2/c1-5-6-11-21-14(4)23-19(27)20(9-10-20)25-18(26)15-8-7-12-22-17(15)16(24-25)13(2)3/h5-6,8,11,13H,4,7,9-10,12H2,1-3H3,(H,23,27)/b6-5-,21-11-. The number of aliphatic imine (C=N–C) groups is 1. The Bertz CT molecular complexity index is 1010. The minimum Gasteiger partial charge on any atom is -0.309 e. The number of aromatic nitrogens is 2. The van der Waals surface area contributed by atoms with Crippen LogP contribution in [0.1, 0.15) is 51.6 Å². The van der Waals surface area contributed by atoms with Gasteiger partial charge in [-0.3, -0.25) is 14.6 Å². The van der Waals surface area contributed by atoms with E-state index in [-0.39, 0.29) is 23.2 Å². The predicted molar refractivity (Wildman–Crippen MR) is 105 cm³/mol. The average molecular weight is 367 g/mol. The van der Waals surface area contributed by atoms with Crippen LogP contribution < -0.4 is 21.5 Å². The van der Waals surface area contributed by atoms with Crippen LogP contribution in [-0.4, -0.2) is 28.4 Å². The molecule has 2 heterocycles. The second-order valence-corrected chi connectivity index (χ2v) is 7.13. The minimum absolute atomic E-state index is 0.0973. The average Bonchev–Trinajstić information content (AvgIpc) is 3.44. The molecule has 1 aliphatic carbocycles. The molecule has 1 fully saturated rings. The number of fused-ring (bicyclic) bond motifs is 1.